The predicted octanol–water partition coefficient (Wildman–Crippen LogP) is 3.91. The van der Waals surface area contributed by atoms with Crippen LogP contribution in [0.1, 0.15) is 16.8 Å². The van der Waals surface area contributed by atoms with E-state index >= 15 is 0 Å². The normalized spacial score (nSPS) is 26.1. The van der Waals surface area contributed by atoms with Gasteiger partial charge in [-0.2, -0.15) is 0 Å². The summed E-state index contributed by atoms with van der Waals surface area (Å²) in [5.41, 5.74) is 2.39. The highest BCUT2D eigenvalue weighted by molar-refractivity contribution is 6.23. The molecule has 2 bridgehead atoms. The standard InChI is InChI=1S/C25H18N2O4/c28-23-21-14-8-9-15(10-14)22(21)24(29)27(23)16-5-3-4-13(11-16)20-12-18(25(30)31)17-6-1-2-7-19(17)26-20/h1-9,11-12,14-15,21-22H,10H2,(H,30,31)/t14-,15+,21-,22+. The van der Waals surface area contributed by atoms with Crippen LogP contribution in [0.25, 0.3) is 22.2 Å². The fourth-order valence-electron chi connectivity index (χ4n) is 5.46. The van der Waals surface area contributed by atoms with E-state index in [1.54, 1.807) is 36.4 Å². The van der Waals surface area contributed by atoms with Gasteiger partial charge >= 0.3 is 5.97 Å². The molecular formula is C25H18N2O4. The first-order valence-corrected chi connectivity index (χ1v) is 10.3. The third-order valence-corrected chi connectivity index (χ3v) is 6.82. The lowest BCUT2D eigenvalue weighted by Gasteiger charge is -2.18. The molecule has 1 aliphatic heterocycles. The average molecular weight is 410 g/mol. The molecule has 6 rings (SSSR count). The maximum absolute atomic E-state index is 13.1. The zero-order valence-corrected chi connectivity index (χ0v) is 16.4. The molecule has 1 saturated heterocycles. The van der Waals surface area contributed by atoms with E-state index in [0.717, 1.165) is 6.42 Å². The summed E-state index contributed by atoms with van der Waals surface area (Å²) in [5, 5.41) is 10.2. The highest BCUT2D eigenvalue weighted by atomic mass is 16.4. The number of imide groups is 1. The first-order valence-electron chi connectivity index (χ1n) is 10.3. The second-order valence-electron chi connectivity index (χ2n) is 8.44. The number of pyridine rings is 1. The topological polar surface area (TPSA) is 87.6 Å². The lowest BCUT2D eigenvalue weighted by molar-refractivity contribution is -0.123. The number of anilines is 1. The Balaban J connectivity index is 1.43. The molecule has 152 valence electrons. The van der Waals surface area contributed by atoms with E-state index in [1.807, 2.05) is 12.1 Å². The van der Waals surface area contributed by atoms with Gasteiger partial charge in [0.15, 0.2) is 0 Å². The highest BCUT2D eigenvalue weighted by Crippen LogP contribution is 2.53. The van der Waals surface area contributed by atoms with Crippen LogP contribution in [-0.2, 0) is 9.59 Å². The van der Waals surface area contributed by atoms with Crippen molar-refractivity contribution in [1.29, 1.82) is 0 Å². The number of carbonyl (C=O) groups excluding carboxylic acids is 2. The summed E-state index contributed by atoms with van der Waals surface area (Å²) in [7, 11) is 0. The van der Waals surface area contributed by atoms with Crippen molar-refractivity contribution in [2.75, 3.05) is 4.90 Å². The van der Waals surface area contributed by atoms with Crippen LogP contribution >= 0.6 is 0 Å². The summed E-state index contributed by atoms with van der Waals surface area (Å²) in [6, 6.07) is 15.7. The first-order chi connectivity index (χ1) is 15.0. The largest absolute Gasteiger partial charge is 0.478 e. The van der Waals surface area contributed by atoms with Crippen molar-refractivity contribution in [2.24, 2.45) is 23.7 Å². The molecule has 6 heteroatoms. The van der Waals surface area contributed by atoms with Gasteiger partial charge in [-0.1, -0.05) is 42.5 Å². The zero-order chi connectivity index (χ0) is 21.3. The maximum atomic E-state index is 13.1. The summed E-state index contributed by atoms with van der Waals surface area (Å²) >= 11 is 0. The molecule has 0 radical (unpaired) electrons. The van der Waals surface area contributed by atoms with E-state index in [1.165, 1.54) is 11.0 Å². The maximum Gasteiger partial charge on any atom is 0.336 e. The summed E-state index contributed by atoms with van der Waals surface area (Å²) in [6.07, 6.45) is 5.03. The lowest BCUT2D eigenvalue weighted by atomic mass is 9.85. The smallest absolute Gasteiger partial charge is 0.336 e. The van der Waals surface area contributed by atoms with Crippen LogP contribution in [0.4, 0.5) is 5.69 Å². The molecule has 1 N–H and O–H groups in total. The van der Waals surface area contributed by atoms with Gasteiger partial charge in [-0.25, -0.2) is 14.7 Å². The van der Waals surface area contributed by atoms with Crippen molar-refractivity contribution in [3.05, 3.63) is 72.3 Å². The molecule has 2 fully saturated rings. The van der Waals surface area contributed by atoms with Crippen molar-refractivity contribution in [2.45, 2.75) is 6.42 Å². The van der Waals surface area contributed by atoms with Gasteiger partial charge in [0, 0.05) is 10.9 Å². The van der Waals surface area contributed by atoms with Gasteiger partial charge in [-0.15, -0.1) is 0 Å². The van der Waals surface area contributed by atoms with Crippen LogP contribution in [0.15, 0.2) is 66.7 Å². The minimum Gasteiger partial charge on any atom is -0.478 e. The third kappa shape index (κ3) is 2.51. The van der Waals surface area contributed by atoms with Crippen LogP contribution in [-0.4, -0.2) is 27.9 Å². The van der Waals surface area contributed by atoms with E-state index in [0.29, 0.717) is 27.8 Å². The Kier molecular flexibility index (Phi) is 3.69. The van der Waals surface area contributed by atoms with Gasteiger partial charge in [-0.05, 0) is 42.5 Å². The number of carboxylic acids is 1. The number of fused-ring (bicyclic) bond motifs is 6. The molecule has 1 saturated carbocycles. The fourth-order valence-corrected chi connectivity index (χ4v) is 5.46. The number of carboxylic acid groups (broad SMARTS) is 1. The minimum atomic E-state index is -1.03. The Morgan fingerprint density at radius 3 is 2.35 bits per heavy atom. The van der Waals surface area contributed by atoms with E-state index in [2.05, 4.69) is 17.1 Å². The molecule has 1 aromatic heterocycles. The Morgan fingerprint density at radius 2 is 1.65 bits per heavy atom. The van der Waals surface area contributed by atoms with Crippen LogP contribution in [0, 0.1) is 23.7 Å². The molecule has 0 spiro atoms. The Morgan fingerprint density at radius 1 is 0.935 bits per heavy atom. The van der Waals surface area contributed by atoms with Gasteiger partial charge in [0.2, 0.25) is 11.8 Å². The van der Waals surface area contributed by atoms with E-state index < -0.39 is 5.97 Å². The molecule has 2 heterocycles. The number of allylic oxidation sites excluding steroid dienone is 2. The molecule has 2 amide bonds. The van der Waals surface area contributed by atoms with Crippen molar-refractivity contribution in [3.8, 4) is 11.3 Å². The van der Waals surface area contributed by atoms with Crippen LogP contribution < -0.4 is 4.90 Å². The second-order valence-corrected chi connectivity index (χ2v) is 8.44. The zero-order valence-electron chi connectivity index (χ0n) is 16.4. The predicted molar refractivity (Wildman–Crippen MR) is 114 cm³/mol. The number of aromatic carboxylic acids is 1. The molecular weight excluding hydrogens is 392 g/mol. The van der Waals surface area contributed by atoms with Crippen LogP contribution in [0.3, 0.4) is 0 Å². The molecule has 3 aromatic rings. The van der Waals surface area contributed by atoms with Crippen molar-refractivity contribution in [3.63, 3.8) is 0 Å². The number of amides is 2. The SMILES string of the molecule is O=C(O)c1cc(-c2cccc(N3C(=O)[C@@H]4[C@H](C3=O)[C@@H]3C=C[C@H]4C3)c2)nc2ccccc12. The molecule has 3 aliphatic rings. The highest BCUT2D eigenvalue weighted by Gasteiger charge is 2.59. The summed E-state index contributed by atoms with van der Waals surface area (Å²) in [6.45, 7) is 0. The van der Waals surface area contributed by atoms with Gasteiger partial charge in [0.1, 0.15) is 0 Å². The number of rotatable bonds is 3. The Hall–Kier alpha value is -3.80. The second kappa shape index (κ2) is 6.35. The molecule has 6 nitrogen and oxygen atoms in total. The van der Waals surface area contributed by atoms with E-state index in [4.69, 9.17) is 0 Å². The van der Waals surface area contributed by atoms with Crippen LogP contribution in [0.5, 0.6) is 0 Å². The van der Waals surface area contributed by atoms with Crippen molar-refractivity contribution < 1.29 is 19.5 Å². The average Bonchev–Trinajstić information content (AvgIpc) is 3.46. The summed E-state index contributed by atoms with van der Waals surface area (Å²) < 4.78 is 0. The Bertz CT molecular complexity index is 1300. The Labute approximate surface area is 177 Å². The molecule has 31 heavy (non-hydrogen) atoms. The number of benzene rings is 2. The third-order valence-electron chi connectivity index (χ3n) is 6.82. The number of nitrogens with zero attached hydrogens (tertiary/aromatic N) is 2. The molecule has 2 aromatic carbocycles. The van der Waals surface area contributed by atoms with Crippen molar-refractivity contribution >= 4 is 34.4 Å². The van der Waals surface area contributed by atoms with Gasteiger partial charge < -0.3 is 5.11 Å². The fraction of sp³-hybridized carbons (Fsp3) is 0.200. The lowest BCUT2D eigenvalue weighted by Crippen LogP contribution is -2.32. The summed E-state index contributed by atoms with van der Waals surface area (Å²) in [4.78, 5) is 44.0. The number of carbonyl (C=O) groups is 3. The van der Waals surface area contributed by atoms with Crippen molar-refractivity contribution in [1.82, 2.24) is 4.98 Å². The van der Waals surface area contributed by atoms with E-state index in [9.17, 15) is 19.5 Å². The van der Waals surface area contributed by atoms with Crippen LogP contribution in [0.2, 0.25) is 0 Å². The number of para-hydroxylation sites is 1. The molecule has 0 unspecified atom stereocenters. The number of hydrogen-bond acceptors (Lipinski definition) is 4. The van der Waals surface area contributed by atoms with Gasteiger partial charge in [-0.3, -0.25) is 9.59 Å². The van der Waals surface area contributed by atoms with Gasteiger partial charge in [0.25, 0.3) is 0 Å². The van der Waals surface area contributed by atoms with Gasteiger partial charge in [0.05, 0.1) is 34.3 Å². The molecule has 2 aliphatic carbocycles. The number of aromatic nitrogens is 1. The first kappa shape index (κ1) is 18.0. The number of hydrogen-bond donors (Lipinski definition) is 1. The minimum absolute atomic E-state index is 0.137. The summed E-state index contributed by atoms with van der Waals surface area (Å²) in [5.74, 6) is -1.52. The monoisotopic (exact) mass is 410 g/mol. The quantitative estimate of drug-likeness (QED) is 0.522. The van der Waals surface area contributed by atoms with E-state index in [-0.39, 0.29) is 41.0 Å². The molecule has 4 atom stereocenters.